The maximum atomic E-state index is 12.2. The fraction of sp³-hybridized carbons (Fsp3) is 0.389. The second-order valence-corrected chi connectivity index (χ2v) is 6.91. The Hall–Kier alpha value is -2.79. The number of hydrogen-bond acceptors (Lipinski definition) is 5. The minimum atomic E-state index is -1.03. The zero-order chi connectivity index (χ0) is 18.3. The number of amides is 1. The minimum absolute atomic E-state index is 0.0594. The number of likely N-dealkylation sites (tertiary alicyclic amines) is 1. The second-order valence-electron chi connectivity index (χ2n) is 6.91. The van der Waals surface area contributed by atoms with Gasteiger partial charge in [-0.3, -0.25) is 4.79 Å². The van der Waals surface area contributed by atoms with Crippen LogP contribution in [0.3, 0.4) is 0 Å². The molecule has 2 aromatic heterocycles. The highest BCUT2D eigenvalue weighted by atomic mass is 16.5. The number of fused-ring (bicyclic) bond motifs is 3. The summed E-state index contributed by atoms with van der Waals surface area (Å²) in [5.41, 5.74) is 2.66. The van der Waals surface area contributed by atoms with Crippen LogP contribution in [-0.4, -0.2) is 46.0 Å². The maximum absolute atomic E-state index is 12.2. The molecule has 2 aromatic rings. The molecule has 2 N–H and O–H groups in total. The van der Waals surface area contributed by atoms with Gasteiger partial charge in [-0.05, 0) is 30.0 Å². The Morgan fingerprint density at radius 3 is 3.27 bits per heavy atom. The van der Waals surface area contributed by atoms with Gasteiger partial charge in [-0.2, -0.15) is 5.26 Å². The lowest BCUT2D eigenvalue weighted by molar-refractivity contribution is -0.132. The van der Waals surface area contributed by atoms with Crippen molar-refractivity contribution < 1.29 is 14.5 Å². The number of carbonyl (C=O) groups is 1. The molecule has 1 saturated heterocycles. The first kappa shape index (κ1) is 16.7. The molecule has 0 radical (unpaired) electrons. The van der Waals surface area contributed by atoms with E-state index in [2.05, 4.69) is 16.9 Å². The standard InChI is InChI=1S/C18H19BN4O3/c1-11-4-7-23(16(24)2-5-20)10-14(11)13-8-19(25)26-15-9-22-18-12(17(13)15)3-6-21-18/h3,6,8-9,11,14,25H,2,4,7,10H2,1H3,(H,21,22)/t11?,14-/m1/s1. The topological polar surface area (TPSA) is 102 Å². The highest BCUT2D eigenvalue weighted by Gasteiger charge is 2.36. The molecule has 4 rings (SSSR count). The predicted molar refractivity (Wildman–Crippen MR) is 96.8 cm³/mol. The number of nitrogens with one attached hydrogen (secondary N) is 1. The fourth-order valence-corrected chi connectivity index (χ4v) is 3.97. The van der Waals surface area contributed by atoms with E-state index in [1.807, 2.05) is 18.3 Å². The van der Waals surface area contributed by atoms with Gasteiger partial charge in [0.25, 0.3) is 0 Å². The molecule has 2 aliphatic rings. The van der Waals surface area contributed by atoms with Gasteiger partial charge in [-0.25, -0.2) is 4.98 Å². The largest absolute Gasteiger partial charge is 0.552 e. The van der Waals surface area contributed by atoms with Gasteiger partial charge < -0.3 is 19.6 Å². The molecule has 2 aliphatic heterocycles. The van der Waals surface area contributed by atoms with Gasteiger partial charge in [0.2, 0.25) is 5.91 Å². The van der Waals surface area contributed by atoms with Crippen LogP contribution in [0.15, 0.2) is 24.4 Å². The lowest BCUT2D eigenvalue weighted by atomic mass is 9.72. The highest BCUT2D eigenvalue weighted by molar-refractivity contribution is 6.52. The molecule has 0 saturated carbocycles. The van der Waals surface area contributed by atoms with Crippen molar-refractivity contribution >= 4 is 29.6 Å². The summed E-state index contributed by atoms with van der Waals surface area (Å²) in [5, 5.41) is 19.9. The highest BCUT2D eigenvalue weighted by Crippen LogP contribution is 2.43. The van der Waals surface area contributed by atoms with Crippen molar-refractivity contribution in [3.8, 4) is 11.8 Å². The summed E-state index contributed by atoms with van der Waals surface area (Å²) in [6.45, 7) is 3.36. The van der Waals surface area contributed by atoms with E-state index in [-0.39, 0.29) is 18.2 Å². The number of pyridine rings is 1. The van der Waals surface area contributed by atoms with Crippen LogP contribution in [-0.2, 0) is 4.79 Å². The first-order valence-corrected chi connectivity index (χ1v) is 8.76. The van der Waals surface area contributed by atoms with Crippen LogP contribution in [0.25, 0.3) is 16.6 Å². The molecule has 132 valence electrons. The minimum Gasteiger partial charge on any atom is -0.531 e. The molecule has 26 heavy (non-hydrogen) atoms. The van der Waals surface area contributed by atoms with Crippen LogP contribution in [0.2, 0.25) is 0 Å². The van der Waals surface area contributed by atoms with Gasteiger partial charge in [0.05, 0.1) is 12.3 Å². The number of piperidine rings is 1. The Balaban J connectivity index is 1.75. The molecule has 4 heterocycles. The van der Waals surface area contributed by atoms with Gasteiger partial charge >= 0.3 is 7.12 Å². The molecule has 0 spiro atoms. The summed E-state index contributed by atoms with van der Waals surface area (Å²) in [6.07, 6.45) is 4.20. The summed E-state index contributed by atoms with van der Waals surface area (Å²) in [7, 11) is -1.03. The molecule has 1 fully saturated rings. The number of carbonyl (C=O) groups excluding carboxylic acids is 1. The van der Waals surface area contributed by atoms with E-state index < -0.39 is 7.12 Å². The number of hydrogen-bond donors (Lipinski definition) is 2. The lowest BCUT2D eigenvalue weighted by Gasteiger charge is -2.39. The molecule has 7 nitrogen and oxygen atoms in total. The lowest BCUT2D eigenvalue weighted by Crippen LogP contribution is -2.44. The zero-order valence-electron chi connectivity index (χ0n) is 14.5. The van der Waals surface area contributed by atoms with Crippen LogP contribution in [0, 0.1) is 23.2 Å². The molecular formula is C18H19BN4O3. The van der Waals surface area contributed by atoms with Crippen LogP contribution in [0.1, 0.15) is 25.3 Å². The summed E-state index contributed by atoms with van der Waals surface area (Å²) in [4.78, 5) is 21.4. The molecule has 8 heteroatoms. The molecule has 0 aliphatic carbocycles. The SMILES string of the molecule is CC1CCN(C(=O)CC#N)C[C@H]1C1=CB(O)Oc2cnc3[nH]ccc3c21. The Kier molecular flexibility index (Phi) is 4.17. The van der Waals surface area contributed by atoms with Crippen molar-refractivity contribution in [2.75, 3.05) is 13.1 Å². The van der Waals surface area contributed by atoms with E-state index in [0.717, 1.165) is 28.6 Å². The number of aromatic amines is 1. The number of H-pyrrole nitrogens is 1. The van der Waals surface area contributed by atoms with Crippen molar-refractivity contribution in [2.45, 2.75) is 19.8 Å². The van der Waals surface area contributed by atoms with Crippen LogP contribution in [0.4, 0.5) is 0 Å². The van der Waals surface area contributed by atoms with Crippen molar-refractivity contribution in [3.63, 3.8) is 0 Å². The Morgan fingerprint density at radius 2 is 2.46 bits per heavy atom. The predicted octanol–water partition coefficient (Wildman–Crippen LogP) is 1.76. The second kappa shape index (κ2) is 6.50. The third kappa shape index (κ3) is 2.74. The molecule has 1 amide bonds. The van der Waals surface area contributed by atoms with Gasteiger partial charge in [0, 0.05) is 36.2 Å². The van der Waals surface area contributed by atoms with Crippen molar-refractivity contribution in [3.05, 3.63) is 30.0 Å². The third-order valence-corrected chi connectivity index (χ3v) is 5.35. The van der Waals surface area contributed by atoms with Gasteiger partial charge in [-0.1, -0.05) is 6.92 Å². The Morgan fingerprint density at radius 1 is 1.62 bits per heavy atom. The summed E-state index contributed by atoms with van der Waals surface area (Å²) >= 11 is 0. The first-order valence-electron chi connectivity index (χ1n) is 8.76. The molecule has 2 atom stereocenters. The van der Waals surface area contributed by atoms with E-state index in [0.29, 0.717) is 24.8 Å². The normalized spacial score (nSPS) is 22.4. The summed E-state index contributed by atoms with van der Waals surface area (Å²) in [6, 6.07) is 3.88. The molecule has 0 bridgehead atoms. The molecular weight excluding hydrogens is 331 g/mol. The average molecular weight is 350 g/mol. The van der Waals surface area contributed by atoms with E-state index in [4.69, 9.17) is 9.92 Å². The van der Waals surface area contributed by atoms with Gasteiger partial charge in [0.15, 0.2) is 0 Å². The van der Waals surface area contributed by atoms with E-state index in [1.165, 1.54) is 0 Å². The Labute approximate surface area is 151 Å². The third-order valence-electron chi connectivity index (χ3n) is 5.35. The quantitative estimate of drug-likeness (QED) is 0.804. The molecule has 1 unspecified atom stereocenters. The number of nitriles is 1. The average Bonchev–Trinajstić information content (AvgIpc) is 3.10. The fourth-order valence-electron chi connectivity index (χ4n) is 3.97. The number of aromatic nitrogens is 2. The maximum Gasteiger partial charge on any atom is 0.552 e. The number of nitrogens with zero attached hydrogens (tertiary/aromatic N) is 3. The van der Waals surface area contributed by atoms with Crippen LogP contribution < -0.4 is 4.65 Å². The molecule has 0 aromatic carbocycles. The van der Waals surface area contributed by atoms with E-state index >= 15 is 0 Å². The van der Waals surface area contributed by atoms with E-state index in [9.17, 15) is 9.82 Å². The summed E-state index contributed by atoms with van der Waals surface area (Å²) < 4.78 is 5.56. The summed E-state index contributed by atoms with van der Waals surface area (Å²) in [5.74, 6) is 2.54. The van der Waals surface area contributed by atoms with E-state index in [1.54, 1.807) is 17.1 Å². The Bertz CT molecular complexity index is 932. The van der Waals surface area contributed by atoms with Crippen LogP contribution >= 0.6 is 0 Å². The first-order chi connectivity index (χ1) is 12.6. The smallest absolute Gasteiger partial charge is 0.531 e. The van der Waals surface area contributed by atoms with Gasteiger partial charge in [-0.15, -0.1) is 0 Å². The van der Waals surface area contributed by atoms with Crippen molar-refractivity contribution in [2.24, 2.45) is 11.8 Å². The van der Waals surface area contributed by atoms with Crippen LogP contribution in [0.5, 0.6) is 5.75 Å². The van der Waals surface area contributed by atoms with Crippen molar-refractivity contribution in [1.29, 1.82) is 5.26 Å². The zero-order valence-corrected chi connectivity index (χ0v) is 14.5. The van der Waals surface area contributed by atoms with Gasteiger partial charge in [0.1, 0.15) is 17.8 Å². The number of rotatable bonds is 2. The monoisotopic (exact) mass is 350 g/mol. The van der Waals surface area contributed by atoms with Crippen molar-refractivity contribution in [1.82, 2.24) is 14.9 Å².